The van der Waals surface area contributed by atoms with Crippen LogP contribution in [0.5, 0.6) is 0 Å². The first kappa shape index (κ1) is 13.3. The molecule has 0 amide bonds. The number of aliphatic imine (C=N–C) groups is 1. The second kappa shape index (κ2) is 6.18. The van der Waals surface area contributed by atoms with Crippen LogP contribution in [-0.2, 0) is 0 Å². The standard InChI is InChI=1S/C16H19N3S/c1-19-11-7-3-6-10-15(19)18-16-17-14(12-20-16)13-8-4-2-5-9-13/h2,4-5,8-9,12H,3,6-7,10-11H2,1H3. The second-order valence-corrected chi connectivity index (χ2v) is 5.98. The Labute approximate surface area is 124 Å². The Bertz CT molecular complexity index is 589. The highest BCUT2D eigenvalue weighted by Crippen LogP contribution is 2.27. The zero-order chi connectivity index (χ0) is 13.8. The molecule has 2 aromatic rings. The molecule has 1 saturated heterocycles. The number of nitrogens with zero attached hydrogens (tertiary/aromatic N) is 3. The normalized spacial score (nSPS) is 18.2. The molecule has 0 bridgehead atoms. The van der Waals surface area contributed by atoms with E-state index < -0.39 is 0 Å². The van der Waals surface area contributed by atoms with Gasteiger partial charge in [-0.2, -0.15) is 0 Å². The van der Waals surface area contributed by atoms with Gasteiger partial charge in [0.2, 0.25) is 5.13 Å². The molecule has 0 radical (unpaired) electrons. The van der Waals surface area contributed by atoms with E-state index in [2.05, 4.69) is 34.4 Å². The number of hydrogen-bond acceptors (Lipinski definition) is 3. The lowest BCUT2D eigenvalue weighted by molar-refractivity contribution is 0.494. The van der Waals surface area contributed by atoms with Crippen molar-refractivity contribution < 1.29 is 0 Å². The van der Waals surface area contributed by atoms with Crippen molar-refractivity contribution in [3.05, 3.63) is 35.7 Å². The molecule has 20 heavy (non-hydrogen) atoms. The minimum Gasteiger partial charge on any atom is -0.363 e. The van der Waals surface area contributed by atoms with E-state index >= 15 is 0 Å². The maximum atomic E-state index is 4.76. The molecule has 3 nitrogen and oxygen atoms in total. The maximum absolute atomic E-state index is 4.76. The highest BCUT2D eigenvalue weighted by atomic mass is 32.1. The van der Waals surface area contributed by atoms with Crippen LogP contribution in [0, 0.1) is 0 Å². The number of aromatic nitrogens is 1. The molecular weight excluding hydrogens is 266 g/mol. The van der Waals surface area contributed by atoms with Crippen LogP contribution in [0.15, 0.2) is 40.7 Å². The largest absolute Gasteiger partial charge is 0.363 e. The van der Waals surface area contributed by atoms with Gasteiger partial charge in [0.15, 0.2) is 0 Å². The summed E-state index contributed by atoms with van der Waals surface area (Å²) in [5.74, 6) is 1.18. The van der Waals surface area contributed by atoms with Crippen LogP contribution >= 0.6 is 11.3 Å². The SMILES string of the molecule is CN1CCCCCC1=Nc1nc(-c2ccccc2)cs1. The van der Waals surface area contributed by atoms with Gasteiger partial charge in [0, 0.05) is 31.0 Å². The first-order chi connectivity index (χ1) is 9.83. The van der Waals surface area contributed by atoms with E-state index in [1.807, 2.05) is 18.2 Å². The predicted octanol–water partition coefficient (Wildman–Crippen LogP) is 4.35. The van der Waals surface area contributed by atoms with E-state index in [1.54, 1.807) is 11.3 Å². The summed E-state index contributed by atoms with van der Waals surface area (Å²) in [7, 11) is 2.13. The van der Waals surface area contributed by atoms with Gasteiger partial charge in [0.25, 0.3) is 0 Å². The molecule has 0 aliphatic carbocycles. The Morgan fingerprint density at radius 3 is 2.85 bits per heavy atom. The van der Waals surface area contributed by atoms with Gasteiger partial charge in [0.1, 0.15) is 5.84 Å². The molecular formula is C16H19N3S. The topological polar surface area (TPSA) is 28.5 Å². The number of likely N-dealkylation sites (tertiary alicyclic amines) is 1. The van der Waals surface area contributed by atoms with E-state index in [1.165, 1.54) is 25.1 Å². The third-order valence-electron chi connectivity index (χ3n) is 3.62. The molecule has 2 heterocycles. The van der Waals surface area contributed by atoms with Gasteiger partial charge >= 0.3 is 0 Å². The number of hydrogen-bond donors (Lipinski definition) is 0. The van der Waals surface area contributed by atoms with Crippen LogP contribution in [0.3, 0.4) is 0 Å². The van der Waals surface area contributed by atoms with E-state index in [0.29, 0.717) is 0 Å². The molecule has 0 saturated carbocycles. The molecule has 3 rings (SSSR count). The number of thiazole rings is 1. The Kier molecular flexibility index (Phi) is 4.11. The van der Waals surface area contributed by atoms with Crippen LogP contribution in [0.2, 0.25) is 0 Å². The third-order valence-corrected chi connectivity index (χ3v) is 4.36. The molecule has 1 aliphatic rings. The van der Waals surface area contributed by atoms with Gasteiger partial charge in [-0.3, -0.25) is 0 Å². The van der Waals surface area contributed by atoms with Crippen molar-refractivity contribution in [2.45, 2.75) is 25.7 Å². The summed E-state index contributed by atoms with van der Waals surface area (Å²) in [4.78, 5) is 11.7. The highest BCUT2D eigenvalue weighted by molar-refractivity contribution is 7.13. The molecule has 1 aliphatic heterocycles. The summed E-state index contributed by atoms with van der Waals surface area (Å²) in [6.45, 7) is 1.11. The summed E-state index contributed by atoms with van der Waals surface area (Å²) in [6.07, 6.45) is 4.87. The summed E-state index contributed by atoms with van der Waals surface area (Å²) in [5.41, 5.74) is 2.18. The van der Waals surface area contributed by atoms with Crippen LogP contribution < -0.4 is 0 Å². The number of amidine groups is 1. The lowest BCUT2D eigenvalue weighted by Gasteiger charge is -2.17. The van der Waals surface area contributed by atoms with Gasteiger partial charge in [-0.1, -0.05) is 36.8 Å². The molecule has 0 atom stereocenters. The highest BCUT2D eigenvalue weighted by Gasteiger charge is 2.12. The van der Waals surface area contributed by atoms with Crippen molar-refractivity contribution in [2.24, 2.45) is 4.99 Å². The zero-order valence-electron chi connectivity index (χ0n) is 11.7. The van der Waals surface area contributed by atoms with E-state index in [9.17, 15) is 0 Å². The average molecular weight is 285 g/mol. The first-order valence-electron chi connectivity index (χ1n) is 7.12. The van der Waals surface area contributed by atoms with Crippen molar-refractivity contribution in [3.8, 4) is 11.3 Å². The maximum Gasteiger partial charge on any atom is 0.211 e. The van der Waals surface area contributed by atoms with Gasteiger partial charge < -0.3 is 4.90 Å². The lowest BCUT2D eigenvalue weighted by Crippen LogP contribution is -2.25. The fraction of sp³-hybridized carbons (Fsp3) is 0.375. The lowest BCUT2D eigenvalue weighted by atomic mass is 10.2. The minimum atomic E-state index is 0.868. The number of rotatable bonds is 2. The fourth-order valence-electron chi connectivity index (χ4n) is 2.44. The van der Waals surface area contributed by atoms with Crippen LogP contribution in [0.1, 0.15) is 25.7 Å². The first-order valence-corrected chi connectivity index (χ1v) is 8.00. The predicted molar refractivity (Wildman–Crippen MR) is 85.7 cm³/mol. The van der Waals surface area contributed by atoms with E-state index in [-0.39, 0.29) is 0 Å². The molecule has 1 aromatic heterocycles. The molecule has 0 unspecified atom stereocenters. The molecule has 1 fully saturated rings. The number of benzene rings is 1. The third kappa shape index (κ3) is 3.07. The van der Waals surface area contributed by atoms with Gasteiger partial charge in [-0.15, -0.1) is 11.3 Å². The quantitative estimate of drug-likeness (QED) is 0.821. The average Bonchev–Trinajstić information content (AvgIpc) is 2.86. The van der Waals surface area contributed by atoms with Crippen molar-refractivity contribution in [1.29, 1.82) is 0 Å². The zero-order valence-corrected chi connectivity index (χ0v) is 12.6. The summed E-state index contributed by atoms with van der Waals surface area (Å²) < 4.78 is 0. The van der Waals surface area contributed by atoms with Crippen molar-refractivity contribution in [2.75, 3.05) is 13.6 Å². The van der Waals surface area contributed by atoms with Gasteiger partial charge in [0.05, 0.1) is 5.69 Å². The molecule has 0 spiro atoms. The fourth-order valence-corrected chi connectivity index (χ4v) is 3.15. The monoisotopic (exact) mass is 285 g/mol. The van der Waals surface area contributed by atoms with E-state index in [4.69, 9.17) is 4.99 Å². The Morgan fingerprint density at radius 2 is 2.00 bits per heavy atom. The second-order valence-electron chi connectivity index (χ2n) is 5.14. The van der Waals surface area contributed by atoms with Crippen LogP contribution in [0.25, 0.3) is 11.3 Å². The summed E-state index contributed by atoms with van der Waals surface area (Å²) >= 11 is 1.62. The summed E-state index contributed by atoms with van der Waals surface area (Å²) in [5, 5.41) is 2.96. The van der Waals surface area contributed by atoms with Crippen molar-refractivity contribution in [1.82, 2.24) is 9.88 Å². The molecule has 104 valence electrons. The molecule has 4 heteroatoms. The smallest absolute Gasteiger partial charge is 0.211 e. The van der Waals surface area contributed by atoms with Crippen molar-refractivity contribution in [3.63, 3.8) is 0 Å². The van der Waals surface area contributed by atoms with Gasteiger partial charge in [-0.25, -0.2) is 9.98 Å². The van der Waals surface area contributed by atoms with E-state index in [0.717, 1.165) is 29.4 Å². The molecule has 1 aromatic carbocycles. The minimum absolute atomic E-state index is 0.868. The Balaban J connectivity index is 1.83. The Morgan fingerprint density at radius 1 is 1.15 bits per heavy atom. The van der Waals surface area contributed by atoms with Crippen LogP contribution in [-0.4, -0.2) is 29.3 Å². The summed E-state index contributed by atoms with van der Waals surface area (Å²) in [6, 6.07) is 10.3. The van der Waals surface area contributed by atoms with Crippen molar-refractivity contribution >= 4 is 22.3 Å². The molecule has 0 N–H and O–H groups in total. The van der Waals surface area contributed by atoms with Gasteiger partial charge in [-0.05, 0) is 12.8 Å². The van der Waals surface area contributed by atoms with Crippen LogP contribution in [0.4, 0.5) is 5.13 Å². The Hall–Kier alpha value is -1.68.